The average molecular weight is 1740 g/mol. The van der Waals surface area contributed by atoms with Gasteiger partial charge in [-0.15, -0.1) is 0 Å². The van der Waals surface area contributed by atoms with E-state index in [9.17, 15) is 34.4 Å². The Morgan fingerprint density at radius 3 is 1.73 bits per heavy atom. The van der Waals surface area contributed by atoms with Gasteiger partial charge in [0, 0.05) is 71.4 Å². The Balaban J connectivity index is 0.000000150. The maximum absolute atomic E-state index is 11.8. The molecule has 1 atom stereocenters. The first kappa shape index (κ1) is 82.2. The fraction of sp³-hybridized carbons (Fsp3) is 0.261. The van der Waals surface area contributed by atoms with Gasteiger partial charge in [-0.1, -0.05) is 149 Å². The van der Waals surface area contributed by atoms with Crippen LogP contribution in [-0.4, -0.2) is 75.3 Å². The first-order chi connectivity index (χ1) is 54.6. The Kier molecular flexibility index (Phi) is 25.4. The van der Waals surface area contributed by atoms with Gasteiger partial charge in [-0.3, -0.25) is 13.7 Å². The van der Waals surface area contributed by atoms with E-state index in [-0.39, 0.29) is 18.7 Å². The number of rotatable bonds is 24. The van der Waals surface area contributed by atoms with Crippen molar-refractivity contribution in [1.82, 2.24) is 0 Å². The summed E-state index contributed by atoms with van der Waals surface area (Å²) in [6.45, 7) is 18.9. The molecule has 3 aliphatic heterocycles. The monoisotopic (exact) mass is 1740 g/mol. The summed E-state index contributed by atoms with van der Waals surface area (Å²) in [7, 11) is -10.3. The summed E-state index contributed by atoms with van der Waals surface area (Å²) >= 11 is 8.79. The molecule has 0 saturated heterocycles. The van der Waals surface area contributed by atoms with E-state index in [1.807, 2.05) is 190 Å². The number of benzene rings is 9. The van der Waals surface area contributed by atoms with Gasteiger partial charge in [-0.25, -0.2) is 0 Å². The van der Waals surface area contributed by atoms with Crippen LogP contribution in [0.15, 0.2) is 240 Å². The number of fused-ring (bicyclic) bond motifs is 9. The van der Waals surface area contributed by atoms with Gasteiger partial charge in [-0.05, 0) is 195 Å². The van der Waals surface area contributed by atoms with Gasteiger partial charge in [0.25, 0.3) is 46.4 Å². The lowest BCUT2D eigenvalue weighted by atomic mass is 10.0. The molecule has 0 amide bonds. The standard InChI is InChI=1S/C33H32N2O5S.C31H32N2O4S2.C24H24Br2N2O5S/c1-4-23(18-31-34(5-2)28-20-25-11-6-7-12-26(25)21-30(28)40-31)19-32-35(17-16-22(3)41(36,37)38)33-27-13-9-8-10-24(27)14-15-29(33)39-32;1-5-23(19-31-32(6-2)27-16-21(3)22(4)17-29(27)38-31)18-30-33(14-15-39(34,35)36)26-20-25(12-13-28(26)37-30)24-10-8-7-9-11-24;1-3-16(12-23-27(2)19-14-17(25)6-8-21(19)32-23)13-24-28(10-4-5-11-34(29,30)31)20-15-18(26)7-9-22(20)33-24/h6-15,18-22H,4-5,16-17H2,1-3H3;7-13,16-20H,5-6,14-15H2,1-4H3;6-9,12-15H,3-5,10-11H2,1-2H3/p+3. The van der Waals surface area contributed by atoms with E-state index >= 15 is 0 Å². The highest BCUT2D eigenvalue weighted by atomic mass is 79.9. The van der Waals surface area contributed by atoms with Crippen LogP contribution >= 0.6 is 43.2 Å². The molecule has 0 bridgehead atoms. The number of halogens is 2. The third-order valence-corrected chi connectivity index (χ3v) is 25.3. The topological polar surface area (TPSA) is 238 Å². The summed E-state index contributed by atoms with van der Waals surface area (Å²) < 4.78 is 138. The number of hydrogen-bond acceptors (Lipinski definition) is 15. The van der Waals surface area contributed by atoms with Gasteiger partial charge in [0.15, 0.2) is 23.8 Å². The van der Waals surface area contributed by atoms with Gasteiger partial charge in [0.05, 0.1) is 51.4 Å². The highest BCUT2D eigenvalue weighted by Gasteiger charge is 2.33. The van der Waals surface area contributed by atoms with Crippen LogP contribution in [0.25, 0.3) is 83.3 Å². The van der Waals surface area contributed by atoms with Gasteiger partial charge in [0.2, 0.25) is 34.3 Å². The molecule has 20 nitrogen and oxygen atoms in total. The maximum atomic E-state index is 11.8. The Bertz CT molecular complexity index is 6250. The molecule has 15 rings (SSSR count). The Morgan fingerprint density at radius 1 is 0.518 bits per heavy atom. The number of aromatic nitrogens is 3. The van der Waals surface area contributed by atoms with E-state index in [0.29, 0.717) is 54.9 Å². The lowest BCUT2D eigenvalue weighted by Gasteiger charge is -2.18. The van der Waals surface area contributed by atoms with Crippen molar-refractivity contribution in [3.05, 3.63) is 259 Å². The minimum absolute atomic E-state index is 0.0727. The number of thiazole rings is 1. The van der Waals surface area contributed by atoms with Gasteiger partial charge >= 0.3 is 11.8 Å². The minimum Gasteiger partial charge on any atom is -0.439 e. The summed E-state index contributed by atoms with van der Waals surface area (Å²) in [5.74, 6) is 4.84. The van der Waals surface area contributed by atoms with Gasteiger partial charge in [0.1, 0.15) is 18.3 Å². The zero-order valence-corrected chi connectivity index (χ0v) is 71.2. The zero-order valence-electron chi connectivity index (χ0n) is 64.8. The largest absolute Gasteiger partial charge is 0.439 e. The lowest BCUT2D eigenvalue weighted by molar-refractivity contribution is -0.677. The molecule has 26 heteroatoms. The van der Waals surface area contributed by atoms with E-state index in [1.165, 1.54) is 28.3 Å². The van der Waals surface area contributed by atoms with E-state index in [2.05, 4.69) is 132 Å². The second kappa shape index (κ2) is 35.2. The second-order valence-electron chi connectivity index (χ2n) is 28.2. The molecule has 12 aromatic rings. The van der Waals surface area contributed by atoms with Crippen molar-refractivity contribution in [2.45, 2.75) is 112 Å². The molecule has 114 heavy (non-hydrogen) atoms. The van der Waals surface area contributed by atoms with E-state index < -0.39 is 41.4 Å². The smallest absolute Gasteiger partial charge is 0.374 e. The molecule has 592 valence electrons. The van der Waals surface area contributed by atoms with Crippen LogP contribution in [0.4, 0.5) is 17.1 Å². The molecule has 6 heterocycles. The summed E-state index contributed by atoms with van der Waals surface area (Å²) in [6, 6.07) is 56.7. The molecule has 3 N–H and O–H groups in total. The fourth-order valence-corrected chi connectivity index (χ4v) is 17.4. The number of allylic oxidation sites excluding steroid dienone is 6. The van der Waals surface area contributed by atoms with Gasteiger partial charge in [-0.2, -0.15) is 39.0 Å². The third-order valence-electron chi connectivity index (χ3n) is 20.5. The zero-order chi connectivity index (χ0) is 80.9. The van der Waals surface area contributed by atoms with Crippen molar-refractivity contribution < 1.29 is 75.7 Å². The number of ether oxygens (including phenoxy) is 3. The summed E-state index contributed by atoms with van der Waals surface area (Å²) in [6.07, 6.45) is 15.6. The number of aryl methyl sites for hydroxylation is 5. The number of unbranched alkanes of at least 4 members (excludes halogenated alkanes) is 1. The van der Waals surface area contributed by atoms with Crippen LogP contribution in [0.3, 0.4) is 0 Å². The minimum atomic E-state index is -4.15. The second-order valence-corrected chi connectivity index (χ2v) is 36.0. The van der Waals surface area contributed by atoms with Gasteiger partial charge < -0.3 is 37.7 Å². The molecule has 3 aliphatic rings. The highest BCUT2D eigenvalue weighted by Crippen LogP contribution is 2.45. The van der Waals surface area contributed by atoms with Crippen molar-refractivity contribution in [1.29, 1.82) is 0 Å². The number of anilines is 3. The lowest BCUT2D eigenvalue weighted by Crippen LogP contribution is -2.38. The normalized spacial score (nSPS) is 15.2. The number of hydrogen-bond donors (Lipinski definition) is 3. The summed E-state index contributed by atoms with van der Waals surface area (Å²) in [5.41, 5.74) is 15.0. The first-order valence-electron chi connectivity index (χ1n) is 37.9. The Hall–Kier alpha value is -9.74. The van der Waals surface area contributed by atoms with Crippen LogP contribution < -0.4 is 42.6 Å². The molecule has 0 radical (unpaired) electrons. The molecule has 0 fully saturated rings. The predicted octanol–water partition coefficient (Wildman–Crippen LogP) is 20.1. The quantitative estimate of drug-likeness (QED) is 0.0289. The average Bonchev–Trinajstić information content (AvgIpc) is 1.61. The van der Waals surface area contributed by atoms with E-state index in [0.717, 1.165) is 153 Å². The van der Waals surface area contributed by atoms with Crippen molar-refractivity contribution in [2.24, 2.45) is 7.05 Å². The SMILES string of the molecule is CCC(/C=C1\Oc2cc3ccccc3cc2N1CC)=C\c1oc2ccc3ccccc3c2[n+]1CCC(C)S(=O)(=O)O.CCC(=Cc1oc2ccc(Br)cc2[n+]1C)C=C1Oc2ccc(Br)cc2N1CCCCS(=O)(=O)O.CCC(=Cc1sc2cc(C)c(C)cc2[n+]1CC)C=C1Oc2ccc(-c3ccccc3)cc2N1CCS(=O)(=O)O. The predicted molar refractivity (Wildman–Crippen MR) is 462 cm³/mol. The Labute approximate surface area is 686 Å². The van der Waals surface area contributed by atoms with Crippen LogP contribution in [0.5, 0.6) is 17.2 Å². The van der Waals surface area contributed by atoms with Crippen molar-refractivity contribution >= 4 is 163 Å². The Morgan fingerprint density at radius 2 is 1.07 bits per heavy atom. The molecule has 3 aromatic heterocycles. The summed E-state index contributed by atoms with van der Waals surface area (Å²) in [4.78, 5) is 6.03. The molecule has 0 spiro atoms. The van der Waals surface area contributed by atoms with E-state index in [4.69, 9.17) is 27.6 Å². The molecule has 0 saturated carbocycles. The first-order valence-corrected chi connectivity index (χ1v) is 45.1. The molecular weight excluding hydrogens is 1650 g/mol. The van der Waals surface area contributed by atoms with Crippen molar-refractivity contribution in [3.63, 3.8) is 0 Å². The summed E-state index contributed by atoms with van der Waals surface area (Å²) in [5, 5.41) is 4.62. The van der Waals surface area contributed by atoms with Crippen LogP contribution in [0, 0.1) is 13.8 Å². The fourth-order valence-electron chi connectivity index (χ4n) is 14.0. The van der Waals surface area contributed by atoms with E-state index in [1.54, 1.807) is 11.3 Å². The van der Waals surface area contributed by atoms with Crippen LogP contribution in [0.2, 0.25) is 0 Å². The van der Waals surface area contributed by atoms with Crippen molar-refractivity contribution in [2.75, 3.05) is 45.8 Å². The third kappa shape index (κ3) is 18.9. The highest BCUT2D eigenvalue weighted by molar-refractivity contribution is 9.10. The van der Waals surface area contributed by atoms with Crippen LogP contribution in [-0.2, 0) is 50.5 Å². The maximum Gasteiger partial charge on any atom is 0.374 e. The molecular formula is C88H91Br2N6O14S4+3. The van der Waals surface area contributed by atoms with Crippen LogP contribution in [0.1, 0.15) is 108 Å². The number of oxazole rings is 2. The molecule has 9 aromatic carbocycles. The molecule has 0 aliphatic carbocycles. The van der Waals surface area contributed by atoms with Crippen molar-refractivity contribution in [3.8, 4) is 28.4 Å². The number of nitrogens with zero attached hydrogens (tertiary/aromatic N) is 6. The molecule has 1 unspecified atom stereocenters.